The maximum atomic E-state index is 10.7. The maximum absolute atomic E-state index is 10.7. The van der Waals surface area contributed by atoms with Crippen LogP contribution in [0.1, 0.15) is 24.5 Å². The molecule has 0 aliphatic rings. The molecule has 0 amide bonds. The van der Waals surface area contributed by atoms with Crippen molar-refractivity contribution >= 4 is 17.7 Å². The lowest BCUT2D eigenvalue weighted by Crippen LogP contribution is -2.21. The average molecular weight is 273 g/mol. The van der Waals surface area contributed by atoms with Gasteiger partial charge in [0, 0.05) is 5.02 Å². The van der Waals surface area contributed by atoms with E-state index in [1.165, 1.54) is 0 Å². The van der Waals surface area contributed by atoms with Crippen LogP contribution in [0.15, 0.2) is 60.7 Å². The Hall–Kier alpha value is -1.57. The normalized spacial score (nSPS) is 14.5. The highest BCUT2D eigenvalue weighted by atomic mass is 35.5. The fourth-order valence-electron chi connectivity index (χ4n) is 1.95. The van der Waals surface area contributed by atoms with Crippen LogP contribution >= 0.6 is 11.6 Å². The Morgan fingerprint density at radius 2 is 1.68 bits per heavy atom. The van der Waals surface area contributed by atoms with E-state index >= 15 is 0 Å². The first-order valence-corrected chi connectivity index (χ1v) is 6.74. The summed E-state index contributed by atoms with van der Waals surface area (Å²) in [6, 6.07) is 17.2. The Morgan fingerprint density at radius 1 is 1.05 bits per heavy atom. The largest absolute Gasteiger partial charge is 0.381 e. The summed E-state index contributed by atoms with van der Waals surface area (Å²) >= 11 is 5.85. The molecule has 0 bridgehead atoms. The molecule has 0 aliphatic carbocycles. The van der Waals surface area contributed by atoms with Crippen LogP contribution in [-0.4, -0.2) is 5.11 Å². The Kier molecular flexibility index (Phi) is 4.41. The van der Waals surface area contributed by atoms with E-state index in [0.717, 1.165) is 11.1 Å². The summed E-state index contributed by atoms with van der Waals surface area (Å²) in [5.41, 5.74) is 0.996. The standard InChI is InChI=1S/C17H17ClO/c1-2-17(19,15-6-4-3-5-7-15)13-12-14-8-10-16(18)11-9-14/h3-13,19H,2H2,1H3/b13-12+. The maximum Gasteiger partial charge on any atom is 0.108 e. The molecule has 19 heavy (non-hydrogen) atoms. The highest BCUT2D eigenvalue weighted by Crippen LogP contribution is 2.27. The van der Waals surface area contributed by atoms with E-state index in [1.54, 1.807) is 0 Å². The molecule has 1 atom stereocenters. The number of aliphatic hydroxyl groups is 1. The van der Waals surface area contributed by atoms with Gasteiger partial charge in [0.2, 0.25) is 0 Å². The zero-order chi connectivity index (χ0) is 13.7. The molecule has 0 aliphatic heterocycles. The summed E-state index contributed by atoms with van der Waals surface area (Å²) < 4.78 is 0. The lowest BCUT2D eigenvalue weighted by atomic mass is 9.90. The van der Waals surface area contributed by atoms with Crippen molar-refractivity contribution in [1.29, 1.82) is 0 Å². The minimum absolute atomic E-state index is 0.626. The van der Waals surface area contributed by atoms with Crippen molar-refractivity contribution in [2.45, 2.75) is 18.9 Å². The smallest absolute Gasteiger partial charge is 0.108 e. The molecule has 0 saturated heterocycles. The van der Waals surface area contributed by atoms with E-state index in [9.17, 15) is 5.11 Å². The second-order valence-electron chi connectivity index (χ2n) is 4.53. The minimum Gasteiger partial charge on any atom is -0.381 e. The zero-order valence-electron chi connectivity index (χ0n) is 10.9. The van der Waals surface area contributed by atoms with Crippen molar-refractivity contribution in [2.75, 3.05) is 0 Å². The number of hydrogen-bond acceptors (Lipinski definition) is 1. The van der Waals surface area contributed by atoms with Crippen molar-refractivity contribution in [3.8, 4) is 0 Å². The third-order valence-corrected chi connectivity index (χ3v) is 3.49. The first-order chi connectivity index (χ1) is 9.14. The quantitative estimate of drug-likeness (QED) is 0.859. The summed E-state index contributed by atoms with van der Waals surface area (Å²) in [6.07, 6.45) is 4.39. The highest BCUT2D eigenvalue weighted by molar-refractivity contribution is 6.30. The van der Waals surface area contributed by atoms with Crippen LogP contribution in [0, 0.1) is 0 Å². The molecule has 0 radical (unpaired) electrons. The first kappa shape index (κ1) is 13.9. The topological polar surface area (TPSA) is 20.2 Å². The Bertz CT molecular complexity index is 545. The predicted molar refractivity (Wildman–Crippen MR) is 81.1 cm³/mol. The van der Waals surface area contributed by atoms with Gasteiger partial charge in [0.1, 0.15) is 5.60 Å². The van der Waals surface area contributed by atoms with E-state index in [2.05, 4.69) is 0 Å². The molecule has 2 aromatic rings. The zero-order valence-corrected chi connectivity index (χ0v) is 11.6. The number of benzene rings is 2. The van der Waals surface area contributed by atoms with E-state index in [0.29, 0.717) is 11.4 Å². The van der Waals surface area contributed by atoms with Crippen molar-refractivity contribution in [2.24, 2.45) is 0 Å². The van der Waals surface area contributed by atoms with Gasteiger partial charge in [-0.15, -0.1) is 0 Å². The van der Waals surface area contributed by atoms with Crippen LogP contribution in [0.2, 0.25) is 5.02 Å². The van der Waals surface area contributed by atoms with Gasteiger partial charge in [-0.2, -0.15) is 0 Å². The van der Waals surface area contributed by atoms with Crippen LogP contribution in [0.25, 0.3) is 6.08 Å². The molecular weight excluding hydrogens is 256 g/mol. The van der Waals surface area contributed by atoms with Crippen LogP contribution in [-0.2, 0) is 5.60 Å². The minimum atomic E-state index is -0.930. The summed E-state index contributed by atoms with van der Waals surface area (Å²) in [7, 11) is 0. The monoisotopic (exact) mass is 272 g/mol. The Balaban J connectivity index is 2.25. The van der Waals surface area contributed by atoms with Crippen LogP contribution in [0.4, 0.5) is 0 Å². The summed E-state index contributed by atoms with van der Waals surface area (Å²) in [5, 5.41) is 11.4. The van der Waals surface area contributed by atoms with E-state index in [1.807, 2.05) is 73.7 Å². The molecule has 2 rings (SSSR count). The fourth-order valence-corrected chi connectivity index (χ4v) is 2.08. The molecule has 0 saturated carbocycles. The summed E-state index contributed by atoms with van der Waals surface area (Å²) in [4.78, 5) is 0. The van der Waals surface area contributed by atoms with Gasteiger partial charge in [-0.05, 0) is 35.8 Å². The molecular formula is C17H17ClO. The van der Waals surface area contributed by atoms with E-state index in [-0.39, 0.29) is 0 Å². The highest BCUT2D eigenvalue weighted by Gasteiger charge is 2.22. The van der Waals surface area contributed by atoms with Gasteiger partial charge in [0.15, 0.2) is 0 Å². The average Bonchev–Trinajstić information content (AvgIpc) is 2.47. The molecule has 2 aromatic carbocycles. The molecule has 1 N–H and O–H groups in total. The third-order valence-electron chi connectivity index (χ3n) is 3.23. The predicted octanol–water partition coefficient (Wildman–Crippen LogP) is 4.65. The number of hydrogen-bond donors (Lipinski definition) is 1. The van der Waals surface area contributed by atoms with E-state index in [4.69, 9.17) is 11.6 Å². The molecule has 1 nitrogen and oxygen atoms in total. The van der Waals surface area contributed by atoms with Crippen LogP contribution in [0.3, 0.4) is 0 Å². The summed E-state index contributed by atoms with van der Waals surface area (Å²) in [6.45, 7) is 1.97. The number of rotatable bonds is 4. The second-order valence-corrected chi connectivity index (χ2v) is 4.97. The van der Waals surface area contributed by atoms with Crippen molar-refractivity contribution in [3.05, 3.63) is 76.8 Å². The van der Waals surface area contributed by atoms with Crippen molar-refractivity contribution in [3.63, 3.8) is 0 Å². The van der Waals surface area contributed by atoms with Crippen LogP contribution in [0.5, 0.6) is 0 Å². The van der Waals surface area contributed by atoms with Crippen LogP contribution < -0.4 is 0 Å². The Morgan fingerprint density at radius 3 is 2.26 bits per heavy atom. The Labute approximate surface area is 119 Å². The molecule has 0 fully saturated rings. The van der Waals surface area contributed by atoms with Crippen molar-refractivity contribution < 1.29 is 5.11 Å². The lowest BCUT2D eigenvalue weighted by molar-refractivity contribution is 0.0861. The van der Waals surface area contributed by atoms with Crippen molar-refractivity contribution in [1.82, 2.24) is 0 Å². The SMILES string of the molecule is CCC(O)(/C=C/c1ccc(Cl)cc1)c1ccccc1. The molecule has 0 heterocycles. The first-order valence-electron chi connectivity index (χ1n) is 6.37. The fraction of sp³-hybridized carbons (Fsp3) is 0.176. The summed E-state index contributed by atoms with van der Waals surface area (Å²) in [5.74, 6) is 0. The third kappa shape index (κ3) is 3.46. The van der Waals surface area contributed by atoms with Gasteiger partial charge < -0.3 is 5.11 Å². The molecule has 98 valence electrons. The van der Waals surface area contributed by atoms with Gasteiger partial charge in [-0.1, -0.05) is 67.1 Å². The molecule has 2 heteroatoms. The van der Waals surface area contributed by atoms with Gasteiger partial charge in [-0.25, -0.2) is 0 Å². The van der Waals surface area contributed by atoms with Gasteiger partial charge in [-0.3, -0.25) is 0 Å². The number of halogens is 1. The van der Waals surface area contributed by atoms with Gasteiger partial charge in [0.05, 0.1) is 0 Å². The lowest BCUT2D eigenvalue weighted by Gasteiger charge is -2.23. The molecule has 0 aromatic heterocycles. The van der Waals surface area contributed by atoms with E-state index < -0.39 is 5.60 Å². The molecule has 0 spiro atoms. The van der Waals surface area contributed by atoms with Gasteiger partial charge in [0.25, 0.3) is 0 Å². The molecule has 1 unspecified atom stereocenters. The second kappa shape index (κ2) is 6.05. The van der Waals surface area contributed by atoms with Gasteiger partial charge >= 0.3 is 0 Å².